The van der Waals surface area contributed by atoms with E-state index in [0.29, 0.717) is 23.7 Å². The highest BCUT2D eigenvalue weighted by Gasteiger charge is 2.19. The predicted molar refractivity (Wildman–Crippen MR) is 60.5 cm³/mol. The molecular weight excluding hydrogens is 208 g/mol. The third kappa shape index (κ3) is 2.73. The van der Waals surface area contributed by atoms with Crippen LogP contribution in [0.4, 0.5) is 0 Å². The molecule has 0 saturated heterocycles. The molecule has 0 aliphatic heterocycles. The van der Waals surface area contributed by atoms with E-state index < -0.39 is 5.91 Å². The van der Waals surface area contributed by atoms with Crippen LogP contribution in [0.25, 0.3) is 0 Å². The summed E-state index contributed by atoms with van der Waals surface area (Å²) in [7, 11) is 1.72. The van der Waals surface area contributed by atoms with Crippen LogP contribution in [0.3, 0.4) is 0 Å². The Morgan fingerprint density at radius 2 is 2.31 bits per heavy atom. The number of amides is 1. The first-order valence-corrected chi connectivity index (χ1v) is 5.24. The Morgan fingerprint density at radius 3 is 2.88 bits per heavy atom. The molecule has 6 heteroatoms. The number of carbonyl (C=O) groups excluding carboxylic acids is 1. The molecule has 1 aromatic heterocycles. The summed E-state index contributed by atoms with van der Waals surface area (Å²) < 4.78 is 7.02. The highest BCUT2D eigenvalue weighted by atomic mass is 16.5. The molecule has 3 N–H and O–H groups in total. The van der Waals surface area contributed by atoms with Gasteiger partial charge in [0.1, 0.15) is 12.2 Å². The second-order valence-corrected chi connectivity index (χ2v) is 3.46. The molecule has 1 aromatic rings. The fourth-order valence-electron chi connectivity index (χ4n) is 1.48. The number of likely N-dealkylation sites (N-methyl/N-ethyl adjacent to an activating group) is 1. The average molecular weight is 226 g/mol. The second-order valence-electron chi connectivity index (χ2n) is 3.46. The number of hydrogen-bond acceptors (Lipinski definition) is 4. The Balaban J connectivity index is 2.74. The van der Waals surface area contributed by atoms with Crippen LogP contribution < -0.4 is 15.8 Å². The van der Waals surface area contributed by atoms with Crippen LogP contribution in [-0.4, -0.2) is 35.4 Å². The third-order valence-electron chi connectivity index (χ3n) is 2.18. The SMILES string of the molecule is CCNCCOc1c(C(N)=O)c(C)nn1C. The molecule has 1 amide bonds. The molecule has 0 bridgehead atoms. The molecule has 0 atom stereocenters. The summed E-state index contributed by atoms with van der Waals surface area (Å²) in [5.41, 5.74) is 6.22. The Labute approximate surface area is 94.8 Å². The van der Waals surface area contributed by atoms with Gasteiger partial charge in [0.25, 0.3) is 5.91 Å². The first kappa shape index (κ1) is 12.5. The normalized spacial score (nSPS) is 10.4. The van der Waals surface area contributed by atoms with E-state index in [9.17, 15) is 4.79 Å². The summed E-state index contributed by atoms with van der Waals surface area (Å²) in [6.07, 6.45) is 0. The summed E-state index contributed by atoms with van der Waals surface area (Å²) >= 11 is 0. The fourth-order valence-corrected chi connectivity index (χ4v) is 1.48. The van der Waals surface area contributed by atoms with Crippen molar-refractivity contribution in [2.45, 2.75) is 13.8 Å². The van der Waals surface area contributed by atoms with Gasteiger partial charge in [0.15, 0.2) is 0 Å². The minimum Gasteiger partial charge on any atom is -0.476 e. The number of primary amides is 1. The Hall–Kier alpha value is -1.56. The molecule has 0 aliphatic carbocycles. The van der Waals surface area contributed by atoms with Crippen molar-refractivity contribution in [3.05, 3.63) is 11.3 Å². The van der Waals surface area contributed by atoms with Gasteiger partial charge in [0, 0.05) is 13.6 Å². The van der Waals surface area contributed by atoms with E-state index in [1.54, 1.807) is 14.0 Å². The van der Waals surface area contributed by atoms with Gasteiger partial charge >= 0.3 is 0 Å². The van der Waals surface area contributed by atoms with E-state index in [1.165, 1.54) is 4.68 Å². The lowest BCUT2D eigenvalue weighted by molar-refractivity contribution is 0.0995. The second kappa shape index (κ2) is 5.50. The maximum atomic E-state index is 11.2. The van der Waals surface area contributed by atoms with Crippen molar-refractivity contribution in [1.82, 2.24) is 15.1 Å². The molecule has 6 nitrogen and oxygen atoms in total. The van der Waals surface area contributed by atoms with Crippen LogP contribution in [0, 0.1) is 6.92 Å². The first-order chi connectivity index (χ1) is 7.57. The lowest BCUT2D eigenvalue weighted by Crippen LogP contribution is -2.22. The molecule has 0 aliphatic rings. The van der Waals surface area contributed by atoms with Crippen LogP contribution in [0.5, 0.6) is 5.88 Å². The number of nitrogens with one attached hydrogen (secondary N) is 1. The van der Waals surface area contributed by atoms with Crippen LogP contribution in [-0.2, 0) is 7.05 Å². The third-order valence-corrected chi connectivity index (χ3v) is 2.18. The van der Waals surface area contributed by atoms with Crippen LogP contribution >= 0.6 is 0 Å². The van der Waals surface area contributed by atoms with Gasteiger partial charge in [0.05, 0.1) is 5.69 Å². The van der Waals surface area contributed by atoms with Crippen molar-refractivity contribution < 1.29 is 9.53 Å². The molecule has 1 rings (SSSR count). The van der Waals surface area contributed by atoms with Crippen LogP contribution in [0.1, 0.15) is 23.0 Å². The van der Waals surface area contributed by atoms with Crippen LogP contribution in [0.2, 0.25) is 0 Å². The topological polar surface area (TPSA) is 82.2 Å². The van der Waals surface area contributed by atoms with Gasteiger partial charge in [-0.15, -0.1) is 0 Å². The molecule has 0 saturated carbocycles. The summed E-state index contributed by atoms with van der Waals surface area (Å²) in [6.45, 7) is 5.84. The van der Waals surface area contributed by atoms with Crippen molar-refractivity contribution in [2.75, 3.05) is 19.7 Å². The van der Waals surface area contributed by atoms with Crippen LogP contribution in [0.15, 0.2) is 0 Å². The predicted octanol–water partition coefficient (Wildman–Crippen LogP) is -0.184. The van der Waals surface area contributed by atoms with E-state index in [2.05, 4.69) is 10.4 Å². The van der Waals surface area contributed by atoms with Gasteiger partial charge < -0.3 is 15.8 Å². The van der Waals surface area contributed by atoms with Gasteiger partial charge in [-0.3, -0.25) is 4.79 Å². The van der Waals surface area contributed by atoms with Crippen molar-refractivity contribution in [2.24, 2.45) is 12.8 Å². The smallest absolute Gasteiger partial charge is 0.256 e. The molecule has 0 fully saturated rings. The number of carbonyl (C=O) groups is 1. The first-order valence-electron chi connectivity index (χ1n) is 5.24. The number of rotatable bonds is 6. The van der Waals surface area contributed by atoms with Gasteiger partial charge in [-0.2, -0.15) is 5.10 Å². The molecule has 0 spiro atoms. The largest absolute Gasteiger partial charge is 0.476 e. The number of nitrogens with zero attached hydrogens (tertiary/aromatic N) is 2. The quantitative estimate of drug-likeness (QED) is 0.659. The van der Waals surface area contributed by atoms with Gasteiger partial charge in [-0.1, -0.05) is 6.92 Å². The lowest BCUT2D eigenvalue weighted by Gasteiger charge is -2.07. The van der Waals surface area contributed by atoms with Crippen molar-refractivity contribution in [3.63, 3.8) is 0 Å². The van der Waals surface area contributed by atoms with Crippen molar-refractivity contribution in [3.8, 4) is 5.88 Å². The standard InChI is InChI=1S/C10H18N4O2/c1-4-12-5-6-16-10-8(9(11)15)7(2)13-14(10)3/h12H,4-6H2,1-3H3,(H2,11,15). The number of hydrogen-bond donors (Lipinski definition) is 2. The van der Waals surface area contributed by atoms with Crippen molar-refractivity contribution in [1.29, 1.82) is 0 Å². The summed E-state index contributed by atoms with van der Waals surface area (Å²) in [4.78, 5) is 11.2. The highest BCUT2D eigenvalue weighted by Crippen LogP contribution is 2.20. The number of aryl methyl sites for hydroxylation is 2. The fraction of sp³-hybridized carbons (Fsp3) is 0.600. The van der Waals surface area contributed by atoms with E-state index in [4.69, 9.17) is 10.5 Å². The van der Waals surface area contributed by atoms with E-state index in [1.807, 2.05) is 6.92 Å². The van der Waals surface area contributed by atoms with Crippen molar-refractivity contribution >= 4 is 5.91 Å². The zero-order valence-corrected chi connectivity index (χ0v) is 9.91. The highest BCUT2D eigenvalue weighted by molar-refractivity contribution is 5.96. The van der Waals surface area contributed by atoms with E-state index in [-0.39, 0.29) is 0 Å². The molecule has 90 valence electrons. The minimum atomic E-state index is -0.510. The lowest BCUT2D eigenvalue weighted by atomic mass is 10.2. The number of aromatic nitrogens is 2. The zero-order chi connectivity index (χ0) is 12.1. The summed E-state index contributed by atoms with van der Waals surface area (Å²) in [5, 5.41) is 7.22. The molecule has 1 heterocycles. The monoisotopic (exact) mass is 226 g/mol. The average Bonchev–Trinajstić information content (AvgIpc) is 2.48. The maximum Gasteiger partial charge on any atom is 0.256 e. The Morgan fingerprint density at radius 1 is 1.62 bits per heavy atom. The molecule has 16 heavy (non-hydrogen) atoms. The molecular formula is C10H18N4O2. The summed E-state index contributed by atoms with van der Waals surface area (Å²) in [5.74, 6) is -0.0769. The Kier molecular flexibility index (Phi) is 4.30. The molecule has 0 aromatic carbocycles. The summed E-state index contributed by atoms with van der Waals surface area (Å²) in [6, 6.07) is 0. The Bertz CT molecular complexity index is 373. The van der Waals surface area contributed by atoms with E-state index >= 15 is 0 Å². The van der Waals surface area contributed by atoms with Gasteiger partial charge in [0.2, 0.25) is 5.88 Å². The maximum absolute atomic E-state index is 11.2. The number of ether oxygens (including phenoxy) is 1. The van der Waals surface area contributed by atoms with E-state index in [0.717, 1.165) is 13.1 Å². The zero-order valence-electron chi connectivity index (χ0n) is 9.91. The molecule has 0 radical (unpaired) electrons. The number of nitrogens with two attached hydrogens (primary N) is 1. The minimum absolute atomic E-state index is 0.360. The molecule has 0 unspecified atom stereocenters. The van der Waals surface area contributed by atoms with Gasteiger partial charge in [-0.05, 0) is 13.5 Å². The van der Waals surface area contributed by atoms with Gasteiger partial charge in [-0.25, -0.2) is 4.68 Å².